The second kappa shape index (κ2) is 9.12. The van der Waals surface area contributed by atoms with Crippen molar-refractivity contribution in [2.45, 2.75) is 31.8 Å². The second-order valence-electron chi connectivity index (χ2n) is 7.61. The molecular weight excluding hydrogens is 395 g/mol. The minimum absolute atomic E-state index is 0.00224. The lowest BCUT2D eigenvalue weighted by atomic mass is 9.96. The summed E-state index contributed by atoms with van der Waals surface area (Å²) in [6, 6.07) is 14.2. The number of nitrogens with one attached hydrogen (secondary N) is 1. The first-order valence-electron chi connectivity index (χ1n) is 10.4. The number of anilines is 1. The highest BCUT2D eigenvalue weighted by molar-refractivity contribution is 5.97. The molecule has 0 unspecified atom stereocenters. The molecule has 2 atom stereocenters. The summed E-state index contributed by atoms with van der Waals surface area (Å²) in [6.07, 6.45) is 5.14. The summed E-state index contributed by atoms with van der Waals surface area (Å²) in [6.45, 7) is 2.60. The summed E-state index contributed by atoms with van der Waals surface area (Å²) in [5.41, 5.74) is 2.01. The van der Waals surface area contributed by atoms with Crippen molar-refractivity contribution >= 4 is 11.7 Å². The Hall–Kier alpha value is -3.48. The Kier molecular flexibility index (Phi) is 6.11. The molecule has 160 valence electrons. The Morgan fingerprint density at radius 2 is 1.97 bits per heavy atom. The van der Waals surface area contributed by atoms with Crippen LogP contribution in [0.25, 0.3) is 11.3 Å². The molecule has 2 aromatic carbocycles. The van der Waals surface area contributed by atoms with E-state index in [2.05, 4.69) is 10.3 Å². The molecular formula is C24H25FN4O2. The molecule has 1 N–H and O–H groups in total. The van der Waals surface area contributed by atoms with Gasteiger partial charge in [-0.25, -0.2) is 9.37 Å². The smallest absolute Gasteiger partial charge is 0.258 e. The summed E-state index contributed by atoms with van der Waals surface area (Å²) in [7, 11) is 1.37. The predicted octanol–water partition coefficient (Wildman–Crippen LogP) is 4.40. The van der Waals surface area contributed by atoms with Crippen LogP contribution in [0.4, 0.5) is 10.2 Å². The van der Waals surface area contributed by atoms with E-state index in [9.17, 15) is 9.18 Å². The van der Waals surface area contributed by atoms with Crippen LogP contribution in [-0.2, 0) is 0 Å². The number of halogens is 1. The highest BCUT2D eigenvalue weighted by Gasteiger charge is 2.33. The zero-order valence-electron chi connectivity index (χ0n) is 17.6. The van der Waals surface area contributed by atoms with Crippen LogP contribution in [0, 0.1) is 5.82 Å². The van der Waals surface area contributed by atoms with Gasteiger partial charge in [-0.1, -0.05) is 36.4 Å². The second-order valence-corrected chi connectivity index (χ2v) is 7.61. The van der Waals surface area contributed by atoms with E-state index in [0.29, 0.717) is 12.4 Å². The van der Waals surface area contributed by atoms with Crippen molar-refractivity contribution in [1.82, 2.24) is 14.9 Å². The van der Waals surface area contributed by atoms with Gasteiger partial charge in [-0.3, -0.25) is 9.78 Å². The molecule has 31 heavy (non-hydrogen) atoms. The number of nitrogens with zero attached hydrogens (tertiary/aromatic N) is 3. The molecule has 0 aliphatic carbocycles. The molecule has 1 fully saturated rings. The van der Waals surface area contributed by atoms with Crippen molar-refractivity contribution in [3.8, 4) is 17.0 Å². The minimum atomic E-state index is -0.541. The number of methoxy groups -OCH3 is 1. The molecule has 0 spiro atoms. The highest BCUT2D eigenvalue weighted by Crippen LogP contribution is 2.28. The molecule has 0 radical (unpaired) electrons. The van der Waals surface area contributed by atoms with E-state index in [0.717, 1.165) is 24.1 Å². The normalized spacial score (nSPS) is 18.5. The van der Waals surface area contributed by atoms with Crippen molar-refractivity contribution in [1.29, 1.82) is 0 Å². The number of ether oxygens (including phenoxy) is 1. The fourth-order valence-corrected chi connectivity index (χ4v) is 4.04. The molecule has 1 amide bonds. The molecule has 6 nitrogen and oxygen atoms in total. The average Bonchev–Trinajstić information content (AvgIpc) is 2.80. The molecule has 0 bridgehead atoms. The average molecular weight is 420 g/mol. The summed E-state index contributed by atoms with van der Waals surface area (Å²) in [5.74, 6) is -0.132. The van der Waals surface area contributed by atoms with Gasteiger partial charge in [0.05, 0.1) is 30.8 Å². The lowest BCUT2D eigenvalue weighted by Gasteiger charge is -2.40. The van der Waals surface area contributed by atoms with Gasteiger partial charge in [-0.2, -0.15) is 0 Å². The lowest BCUT2D eigenvalue weighted by Crippen LogP contribution is -2.52. The maximum Gasteiger partial charge on any atom is 0.258 e. The Morgan fingerprint density at radius 3 is 2.74 bits per heavy atom. The van der Waals surface area contributed by atoms with Gasteiger partial charge in [0.2, 0.25) is 0 Å². The molecule has 0 saturated carbocycles. The summed E-state index contributed by atoms with van der Waals surface area (Å²) >= 11 is 0. The molecule has 1 aliphatic rings. The molecule has 1 saturated heterocycles. The standard InChI is InChI=1S/C24H25FN4O2/c1-16-20(27-22-15-26-14-21(28-22)17-8-4-3-5-9-17)12-7-13-29(16)24(30)18-10-6-11-19(25)23(18)31-2/h3-6,8-11,14-16,20H,7,12-13H2,1-2H3,(H,27,28)/t16-,20-/m1/s1. The molecule has 2 heterocycles. The van der Waals surface area contributed by atoms with Crippen LogP contribution in [0.5, 0.6) is 5.75 Å². The van der Waals surface area contributed by atoms with Crippen molar-refractivity contribution < 1.29 is 13.9 Å². The lowest BCUT2D eigenvalue weighted by molar-refractivity contribution is 0.0612. The Labute approximate surface area is 181 Å². The third-order valence-electron chi connectivity index (χ3n) is 5.69. The van der Waals surface area contributed by atoms with Crippen molar-refractivity contribution in [2.75, 3.05) is 19.0 Å². The topological polar surface area (TPSA) is 67.3 Å². The van der Waals surface area contributed by atoms with Crippen LogP contribution in [0.3, 0.4) is 0 Å². The van der Waals surface area contributed by atoms with E-state index in [4.69, 9.17) is 9.72 Å². The van der Waals surface area contributed by atoms with Gasteiger partial charge >= 0.3 is 0 Å². The first-order chi connectivity index (χ1) is 15.1. The number of aromatic nitrogens is 2. The summed E-state index contributed by atoms with van der Waals surface area (Å²) < 4.78 is 19.2. The van der Waals surface area contributed by atoms with Crippen LogP contribution >= 0.6 is 0 Å². The summed E-state index contributed by atoms with van der Waals surface area (Å²) in [4.78, 5) is 24.0. The van der Waals surface area contributed by atoms with E-state index < -0.39 is 5.82 Å². The Balaban J connectivity index is 1.53. The fraction of sp³-hybridized carbons (Fsp3) is 0.292. The van der Waals surface area contributed by atoms with Crippen molar-refractivity contribution in [3.63, 3.8) is 0 Å². The number of para-hydroxylation sites is 1. The van der Waals surface area contributed by atoms with E-state index in [-0.39, 0.29) is 29.3 Å². The molecule has 4 rings (SSSR count). The number of hydrogen-bond donors (Lipinski definition) is 1. The molecule has 3 aromatic rings. The third-order valence-corrected chi connectivity index (χ3v) is 5.69. The zero-order valence-corrected chi connectivity index (χ0v) is 17.6. The first-order valence-corrected chi connectivity index (χ1v) is 10.4. The monoisotopic (exact) mass is 420 g/mol. The van der Waals surface area contributed by atoms with Crippen LogP contribution < -0.4 is 10.1 Å². The third kappa shape index (κ3) is 4.35. The largest absolute Gasteiger partial charge is 0.493 e. The highest BCUT2D eigenvalue weighted by atomic mass is 19.1. The minimum Gasteiger partial charge on any atom is -0.493 e. The van der Waals surface area contributed by atoms with Gasteiger partial charge in [-0.05, 0) is 31.9 Å². The SMILES string of the molecule is COc1c(F)cccc1C(=O)N1CCC[C@@H](Nc2cncc(-c3ccccc3)n2)[C@H]1C. The van der Waals surface area contributed by atoms with E-state index in [1.807, 2.05) is 37.3 Å². The Bertz CT molecular complexity index is 1060. The van der Waals surface area contributed by atoms with E-state index in [1.165, 1.54) is 19.2 Å². The van der Waals surface area contributed by atoms with Crippen LogP contribution in [0.2, 0.25) is 0 Å². The van der Waals surface area contributed by atoms with Crippen LogP contribution in [0.15, 0.2) is 60.9 Å². The van der Waals surface area contributed by atoms with Gasteiger partial charge < -0.3 is 15.0 Å². The molecule has 1 aliphatic heterocycles. The number of carbonyl (C=O) groups is 1. The van der Waals surface area contributed by atoms with Gasteiger partial charge in [0.25, 0.3) is 5.91 Å². The van der Waals surface area contributed by atoms with Gasteiger partial charge in [-0.15, -0.1) is 0 Å². The number of amides is 1. The van der Waals surface area contributed by atoms with Crippen LogP contribution in [-0.4, -0.2) is 46.5 Å². The number of carbonyl (C=O) groups excluding carboxylic acids is 1. The quantitative estimate of drug-likeness (QED) is 0.663. The predicted molar refractivity (Wildman–Crippen MR) is 118 cm³/mol. The van der Waals surface area contributed by atoms with Gasteiger partial charge in [0.1, 0.15) is 5.82 Å². The molecule has 1 aromatic heterocycles. The van der Waals surface area contributed by atoms with Gasteiger partial charge in [0, 0.05) is 24.2 Å². The number of hydrogen-bond acceptors (Lipinski definition) is 5. The van der Waals surface area contributed by atoms with Crippen LogP contribution in [0.1, 0.15) is 30.1 Å². The van der Waals surface area contributed by atoms with E-state index in [1.54, 1.807) is 23.4 Å². The summed E-state index contributed by atoms with van der Waals surface area (Å²) in [5, 5.41) is 3.44. The maximum atomic E-state index is 14.1. The maximum absolute atomic E-state index is 14.1. The van der Waals surface area contributed by atoms with Gasteiger partial charge in [0.15, 0.2) is 11.6 Å². The number of rotatable bonds is 5. The Morgan fingerprint density at radius 1 is 1.16 bits per heavy atom. The first kappa shape index (κ1) is 20.8. The number of likely N-dealkylation sites (tertiary alicyclic amines) is 1. The van der Waals surface area contributed by atoms with E-state index >= 15 is 0 Å². The fourth-order valence-electron chi connectivity index (χ4n) is 4.04. The van der Waals surface area contributed by atoms with Crippen molar-refractivity contribution in [2.24, 2.45) is 0 Å². The van der Waals surface area contributed by atoms with Crippen molar-refractivity contribution in [3.05, 3.63) is 72.3 Å². The zero-order chi connectivity index (χ0) is 21.8. The number of piperidine rings is 1. The molecule has 7 heteroatoms. The number of benzene rings is 2.